The Morgan fingerprint density at radius 1 is 1.67 bits per heavy atom. The van der Waals surface area contributed by atoms with Crippen LogP contribution in [0.3, 0.4) is 0 Å². The van der Waals surface area contributed by atoms with Crippen molar-refractivity contribution in [2.24, 2.45) is 5.73 Å². The van der Waals surface area contributed by atoms with Gasteiger partial charge in [0, 0.05) is 24.4 Å². The number of hydrogen-bond acceptors (Lipinski definition) is 3. The van der Waals surface area contributed by atoms with Crippen molar-refractivity contribution in [1.29, 1.82) is 0 Å². The smallest absolute Gasteiger partial charge is 0.295 e. The van der Waals surface area contributed by atoms with Crippen LogP contribution in [-0.2, 0) is 14.9 Å². The van der Waals surface area contributed by atoms with Crippen molar-refractivity contribution >= 4 is 6.47 Å². The van der Waals surface area contributed by atoms with E-state index in [0.29, 0.717) is 13.0 Å². The van der Waals surface area contributed by atoms with Gasteiger partial charge in [0.2, 0.25) is 0 Å². The summed E-state index contributed by atoms with van der Waals surface area (Å²) in [5.74, 6) is 0. The topological polar surface area (TPSA) is 57.2 Å². The van der Waals surface area contributed by atoms with Gasteiger partial charge >= 0.3 is 0 Å². The molecule has 0 bridgehead atoms. The van der Waals surface area contributed by atoms with Gasteiger partial charge in [0.25, 0.3) is 6.47 Å². The molecular formula is C11H18N2O2. The molecule has 2 N–H and O–H groups in total. The molecule has 1 unspecified atom stereocenters. The molecule has 0 aromatic carbocycles. The number of carbonyl (C=O) groups excluding carboxylic acids is 1. The Balaban J connectivity index is 2.84. The maximum Gasteiger partial charge on any atom is 0.295 e. The molecule has 0 radical (unpaired) electrons. The van der Waals surface area contributed by atoms with Crippen molar-refractivity contribution in [3.05, 3.63) is 24.0 Å². The van der Waals surface area contributed by atoms with Gasteiger partial charge in [0.15, 0.2) is 6.23 Å². The average molecular weight is 210 g/mol. The van der Waals surface area contributed by atoms with E-state index in [9.17, 15) is 4.79 Å². The molecule has 84 valence electrons. The Morgan fingerprint density at radius 2 is 2.33 bits per heavy atom. The van der Waals surface area contributed by atoms with E-state index in [1.165, 1.54) is 0 Å². The summed E-state index contributed by atoms with van der Waals surface area (Å²) in [6.45, 7) is 7.02. The molecule has 0 saturated heterocycles. The monoisotopic (exact) mass is 210 g/mol. The van der Waals surface area contributed by atoms with Gasteiger partial charge in [-0.3, -0.25) is 4.79 Å². The number of aromatic nitrogens is 1. The maximum atomic E-state index is 10.2. The second kappa shape index (κ2) is 4.49. The van der Waals surface area contributed by atoms with Crippen molar-refractivity contribution in [1.82, 2.24) is 4.57 Å². The molecule has 1 atom stereocenters. The van der Waals surface area contributed by atoms with Gasteiger partial charge in [-0.15, -0.1) is 0 Å². The lowest BCUT2D eigenvalue weighted by Gasteiger charge is -2.21. The highest BCUT2D eigenvalue weighted by molar-refractivity contribution is 5.37. The summed E-state index contributed by atoms with van der Waals surface area (Å²) in [7, 11) is 0. The van der Waals surface area contributed by atoms with E-state index < -0.39 is 0 Å². The molecule has 1 rings (SSSR count). The number of hydrogen-bond donors (Lipinski definition) is 1. The Hall–Kier alpha value is -1.29. The fourth-order valence-electron chi connectivity index (χ4n) is 1.31. The predicted octanol–water partition coefficient (Wildman–Crippen LogP) is 1.42. The largest absolute Gasteiger partial charge is 0.444 e. The summed E-state index contributed by atoms with van der Waals surface area (Å²) in [5.41, 5.74) is 6.78. The van der Waals surface area contributed by atoms with Gasteiger partial charge in [0.05, 0.1) is 0 Å². The maximum absolute atomic E-state index is 10.2. The molecule has 0 fully saturated rings. The third kappa shape index (κ3) is 2.59. The summed E-state index contributed by atoms with van der Waals surface area (Å²) in [6, 6.07) is 2.00. The summed E-state index contributed by atoms with van der Waals surface area (Å²) >= 11 is 0. The first kappa shape index (κ1) is 11.8. The second-order valence-corrected chi connectivity index (χ2v) is 4.27. The molecule has 0 aliphatic heterocycles. The minimum atomic E-state index is -0.273. The van der Waals surface area contributed by atoms with E-state index in [2.05, 4.69) is 13.8 Å². The van der Waals surface area contributed by atoms with Crippen molar-refractivity contribution in [2.75, 3.05) is 6.54 Å². The van der Waals surface area contributed by atoms with Crippen LogP contribution in [0.25, 0.3) is 0 Å². The Morgan fingerprint density at radius 3 is 2.87 bits per heavy atom. The van der Waals surface area contributed by atoms with Crippen LogP contribution in [0.4, 0.5) is 0 Å². The van der Waals surface area contributed by atoms with Crippen LogP contribution in [0.2, 0.25) is 0 Å². The van der Waals surface area contributed by atoms with Crippen LogP contribution in [0.15, 0.2) is 18.5 Å². The van der Waals surface area contributed by atoms with E-state index in [1.54, 1.807) is 0 Å². The molecule has 1 aromatic heterocycles. The first-order valence-corrected chi connectivity index (χ1v) is 4.98. The van der Waals surface area contributed by atoms with Gasteiger partial charge < -0.3 is 15.0 Å². The van der Waals surface area contributed by atoms with Gasteiger partial charge in [0.1, 0.15) is 0 Å². The van der Waals surface area contributed by atoms with Crippen molar-refractivity contribution in [3.8, 4) is 0 Å². The predicted molar refractivity (Wildman–Crippen MR) is 58.4 cm³/mol. The molecule has 1 aromatic rings. The van der Waals surface area contributed by atoms with Gasteiger partial charge in [-0.2, -0.15) is 0 Å². The zero-order valence-electron chi connectivity index (χ0n) is 9.43. The van der Waals surface area contributed by atoms with E-state index in [4.69, 9.17) is 10.5 Å². The van der Waals surface area contributed by atoms with Crippen LogP contribution in [0, 0.1) is 0 Å². The Bertz CT molecular complexity index is 331. The third-order valence-electron chi connectivity index (χ3n) is 2.68. The van der Waals surface area contributed by atoms with Crippen LogP contribution in [0.5, 0.6) is 0 Å². The van der Waals surface area contributed by atoms with E-state index in [-0.39, 0.29) is 11.6 Å². The van der Waals surface area contributed by atoms with E-state index in [0.717, 1.165) is 5.56 Å². The normalized spacial score (nSPS) is 13.6. The van der Waals surface area contributed by atoms with Crippen LogP contribution in [-0.4, -0.2) is 17.6 Å². The van der Waals surface area contributed by atoms with Crippen molar-refractivity contribution < 1.29 is 9.53 Å². The molecule has 0 saturated carbocycles. The van der Waals surface area contributed by atoms with Crippen molar-refractivity contribution in [3.63, 3.8) is 0 Å². The Labute approximate surface area is 90.0 Å². The molecule has 4 heteroatoms. The highest BCUT2D eigenvalue weighted by atomic mass is 16.5. The first-order valence-electron chi connectivity index (χ1n) is 4.98. The molecular weight excluding hydrogens is 192 g/mol. The minimum absolute atomic E-state index is 0.0495. The zero-order valence-corrected chi connectivity index (χ0v) is 9.43. The molecule has 0 spiro atoms. The SMILES string of the molecule is CC(OC=O)n1ccc(C(C)(C)CN)c1. The lowest BCUT2D eigenvalue weighted by molar-refractivity contribution is -0.136. The summed E-state index contributed by atoms with van der Waals surface area (Å²) in [5, 5.41) is 0. The molecule has 0 aliphatic carbocycles. The van der Waals surface area contributed by atoms with Crippen LogP contribution < -0.4 is 5.73 Å². The number of nitrogens with two attached hydrogens (primary N) is 1. The number of ether oxygens (including phenoxy) is 1. The van der Waals surface area contributed by atoms with Crippen LogP contribution in [0.1, 0.15) is 32.6 Å². The van der Waals surface area contributed by atoms with Gasteiger partial charge in [-0.05, 0) is 18.6 Å². The number of nitrogens with zero attached hydrogens (tertiary/aromatic N) is 1. The summed E-state index contributed by atoms with van der Waals surface area (Å²) in [6.07, 6.45) is 3.58. The number of rotatable bonds is 5. The first-order chi connectivity index (χ1) is 7.01. The highest BCUT2D eigenvalue weighted by Crippen LogP contribution is 2.23. The molecule has 4 nitrogen and oxygen atoms in total. The quantitative estimate of drug-likeness (QED) is 0.748. The van der Waals surface area contributed by atoms with E-state index in [1.807, 2.05) is 30.0 Å². The fourth-order valence-corrected chi connectivity index (χ4v) is 1.31. The highest BCUT2D eigenvalue weighted by Gasteiger charge is 2.20. The molecule has 1 heterocycles. The minimum Gasteiger partial charge on any atom is -0.444 e. The summed E-state index contributed by atoms with van der Waals surface area (Å²) in [4.78, 5) is 10.2. The van der Waals surface area contributed by atoms with Crippen molar-refractivity contribution in [2.45, 2.75) is 32.4 Å². The second-order valence-electron chi connectivity index (χ2n) is 4.27. The Kier molecular flexibility index (Phi) is 3.52. The number of carbonyl (C=O) groups is 1. The van der Waals surface area contributed by atoms with Gasteiger partial charge in [-0.25, -0.2) is 0 Å². The zero-order chi connectivity index (χ0) is 11.5. The third-order valence-corrected chi connectivity index (χ3v) is 2.68. The molecule has 0 aliphatic rings. The fraction of sp³-hybridized carbons (Fsp3) is 0.545. The average Bonchev–Trinajstić information content (AvgIpc) is 2.67. The standard InChI is InChI=1S/C11H18N2O2/c1-9(15-8-14)13-5-4-10(6-13)11(2,3)7-12/h4-6,8-9H,7,12H2,1-3H3. The lowest BCUT2D eigenvalue weighted by Crippen LogP contribution is -2.27. The van der Waals surface area contributed by atoms with E-state index >= 15 is 0 Å². The lowest BCUT2D eigenvalue weighted by atomic mass is 9.87. The van der Waals surface area contributed by atoms with Gasteiger partial charge in [-0.1, -0.05) is 13.8 Å². The molecule has 15 heavy (non-hydrogen) atoms. The van der Waals surface area contributed by atoms with Crippen LogP contribution >= 0.6 is 0 Å². The molecule has 0 amide bonds. The summed E-state index contributed by atoms with van der Waals surface area (Å²) < 4.78 is 6.69.